The number of nitrogens with two attached hydrogens (primary N) is 2. The van der Waals surface area contributed by atoms with Gasteiger partial charge in [-0.1, -0.05) is 0 Å². The number of thiophene rings is 1. The number of rotatable bonds is 3. The SMILES string of the molecule is CC(C)N1CCN(c2sc(C#N)c(N)c2C(N)=O)CC1. The quantitative estimate of drug-likeness (QED) is 0.860. The van der Waals surface area contributed by atoms with E-state index in [0.717, 1.165) is 31.2 Å². The van der Waals surface area contributed by atoms with Gasteiger partial charge in [-0.3, -0.25) is 9.69 Å². The highest BCUT2D eigenvalue weighted by atomic mass is 32.1. The van der Waals surface area contributed by atoms with E-state index in [2.05, 4.69) is 23.6 Å². The number of carbonyl (C=O) groups excluding carboxylic acids is 1. The van der Waals surface area contributed by atoms with Crippen LogP contribution in [-0.4, -0.2) is 43.0 Å². The Bertz CT molecular complexity index is 552. The van der Waals surface area contributed by atoms with Crippen molar-refractivity contribution in [3.05, 3.63) is 10.4 Å². The van der Waals surface area contributed by atoms with Gasteiger partial charge in [0.05, 0.1) is 11.3 Å². The lowest BCUT2D eigenvalue weighted by Crippen LogP contribution is -2.49. The van der Waals surface area contributed by atoms with Gasteiger partial charge in [0.25, 0.3) is 5.91 Å². The van der Waals surface area contributed by atoms with Crippen LogP contribution >= 0.6 is 11.3 Å². The van der Waals surface area contributed by atoms with Crippen LogP contribution < -0.4 is 16.4 Å². The highest BCUT2D eigenvalue weighted by Crippen LogP contribution is 2.38. The number of anilines is 2. The molecule has 6 nitrogen and oxygen atoms in total. The summed E-state index contributed by atoms with van der Waals surface area (Å²) in [5, 5.41) is 9.78. The van der Waals surface area contributed by atoms with Crippen LogP contribution in [0.15, 0.2) is 0 Å². The first-order valence-corrected chi connectivity index (χ1v) is 7.38. The molecule has 1 amide bonds. The van der Waals surface area contributed by atoms with Crippen LogP contribution in [-0.2, 0) is 0 Å². The van der Waals surface area contributed by atoms with Crippen LogP contribution in [0.5, 0.6) is 0 Å². The Kier molecular flexibility index (Phi) is 4.16. The van der Waals surface area contributed by atoms with Crippen molar-refractivity contribution in [2.24, 2.45) is 5.73 Å². The van der Waals surface area contributed by atoms with E-state index in [1.165, 1.54) is 11.3 Å². The molecule has 4 N–H and O–H groups in total. The molecule has 2 rings (SSSR count). The minimum Gasteiger partial charge on any atom is -0.396 e. The molecule has 0 atom stereocenters. The fourth-order valence-corrected chi connectivity index (χ4v) is 3.49. The molecule has 1 aromatic heterocycles. The number of carbonyl (C=O) groups is 1. The van der Waals surface area contributed by atoms with Crippen LogP contribution in [0.25, 0.3) is 0 Å². The van der Waals surface area contributed by atoms with Crippen LogP contribution in [0, 0.1) is 11.3 Å². The highest BCUT2D eigenvalue weighted by Gasteiger charge is 2.27. The van der Waals surface area contributed by atoms with E-state index in [4.69, 9.17) is 16.7 Å². The molecular formula is C13H19N5OS. The molecule has 0 aromatic carbocycles. The Hall–Kier alpha value is -1.78. The fraction of sp³-hybridized carbons (Fsp3) is 0.538. The normalized spacial score (nSPS) is 16.4. The second-order valence-corrected chi connectivity index (χ2v) is 6.12. The lowest BCUT2D eigenvalue weighted by Gasteiger charge is -2.37. The highest BCUT2D eigenvalue weighted by molar-refractivity contribution is 7.17. The van der Waals surface area contributed by atoms with Crippen molar-refractivity contribution >= 4 is 27.9 Å². The standard InChI is InChI=1S/C13H19N5OS/c1-8(2)17-3-5-18(6-4-17)13-10(12(16)19)11(15)9(7-14)20-13/h8H,3-6,15H2,1-2H3,(H2,16,19). The van der Waals surface area contributed by atoms with Crippen molar-refractivity contribution in [3.8, 4) is 6.07 Å². The van der Waals surface area contributed by atoms with Gasteiger partial charge >= 0.3 is 0 Å². The number of nitriles is 1. The Morgan fingerprint density at radius 1 is 1.35 bits per heavy atom. The van der Waals surface area contributed by atoms with Gasteiger partial charge in [0.1, 0.15) is 15.9 Å². The summed E-state index contributed by atoms with van der Waals surface area (Å²) < 4.78 is 0. The molecule has 1 aliphatic rings. The molecule has 1 aliphatic heterocycles. The average Bonchev–Trinajstić information content (AvgIpc) is 2.75. The maximum absolute atomic E-state index is 11.6. The van der Waals surface area contributed by atoms with Crippen molar-refractivity contribution in [2.75, 3.05) is 36.8 Å². The smallest absolute Gasteiger partial charge is 0.253 e. The summed E-state index contributed by atoms with van der Waals surface area (Å²) in [5.41, 5.74) is 11.8. The van der Waals surface area contributed by atoms with Gasteiger partial charge < -0.3 is 16.4 Å². The molecule has 1 fully saturated rings. The molecule has 0 spiro atoms. The van der Waals surface area contributed by atoms with Gasteiger partial charge in [0.2, 0.25) is 0 Å². The number of nitrogens with zero attached hydrogens (tertiary/aromatic N) is 3. The topological polar surface area (TPSA) is 99.4 Å². The van der Waals surface area contributed by atoms with Gasteiger partial charge in [-0.05, 0) is 13.8 Å². The zero-order valence-corrected chi connectivity index (χ0v) is 12.5. The van der Waals surface area contributed by atoms with Gasteiger partial charge in [0.15, 0.2) is 0 Å². The van der Waals surface area contributed by atoms with Gasteiger partial charge in [-0.25, -0.2) is 0 Å². The molecule has 1 aromatic rings. The zero-order valence-electron chi connectivity index (χ0n) is 11.7. The van der Waals surface area contributed by atoms with Crippen molar-refractivity contribution in [2.45, 2.75) is 19.9 Å². The first-order chi connectivity index (χ1) is 9.45. The molecule has 2 heterocycles. The van der Waals surface area contributed by atoms with Crippen LogP contribution in [0.4, 0.5) is 10.7 Å². The summed E-state index contributed by atoms with van der Waals surface area (Å²) in [6.45, 7) is 7.81. The summed E-state index contributed by atoms with van der Waals surface area (Å²) in [4.78, 5) is 16.4. The maximum atomic E-state index is 11.6. The average molecular weight is 293 g/mol. The molecule has 1 saturated heterocycles. The molecule has 108 valence electrons. The van der Waals surface area contributed by atoms with Crippen molar-refractivity contribution in [1.82, 2.24) is 4.90 Å². The van der Waals surface area contributed by atoms with Crippen molar-refractivity contribution in [3.63, 3.8) is 0 Å². The molecule has 0 aliphatic carbocycles. The van der Waals surface area contributed by atoms with Crippen LogP contribution in [0.2, 0.25) is 0 Å². The second-order valence-electron chi connectivity index (χ2n) is 5.12. The van der Waals surface area contributed by atoms with Crippen molar-refractivity contribution < 1.29 is 4.79 Å². The van der Waals surface area contributed by atoms with E-state index in [-0.39, 0.29) is 5.69 Å². The Morgan fingerprint density at radius 2 is 1.95 bits per heavy atom. The minimum absolute atomic E-state index is 0.214. The third-order valence-electron chi connectivity index (χ3n) is 3.61. The largest absolute Gasteiger partial charge is 0.396 e. The number of nitrogen functional groups attached to an aromatic ring is 1. The maximum Gasteiger partial charge on any atom is 0.253 e. The van der Waals surface area contributed by atoms with Gasteiger partial charge in [0, 0.05) is 32.2 Å². The Morgan fingerprint density at radius 3 is 2.40 bits per heavy atom. The first-order valence-electron chi connectivity index (χ1n) is 6.56. The summed E-state index contributed by atoms with van der Waals surface area (Å²) in [6, 6.07) is 2.54. The molecule has 0 bridgehead atoms. The molecular weight excluding hydrogens is 274 g/mol. The second kappa shape index (κ2) is 5.69. The number of amides is 1. The van der Waals surface area contributed by atoms with E-state index in [1.54, 1.807) is 0 Å². The van der Waals surface area contributed by atoms with Gasteiger partial charge in [-0.2, -0.15) is 5.26 Å². The third kappa shape index (κ3) is 2.57. The summed E-state index contributed by atoms with van der Waals surface area (Å²) >= 11 is 1.25. The fourth-order valence-electron chi connectivity index (χ4n) is 2.42. The Balaban J connectivity index is 2.26. The molecule has 20 heavy (non-hydrogen) atoms. The predicted octanol–water partition coefficient (Wildman–Crippen LogP) is 0.831. The minimum atomic E-state index is -0.568. The number of hydrogen-bond acceptors (Lipinski definition) is 6. The number of hydrogen-bond donors (Lipinski definition) is 2. The van der Waals surface area contributed by atoms with E-state index in [0.29, 0.717) is 16.5 Å². The molecule has 0 radical (unpaired) electrons. The first kappa shape index (κ1) is 14.6. The summed E-state index contributed by atoms with van der Waals surface area (Å²) in [6.07, 6.45) is 0. The van der Waals surface area contributed by atoms with E-state index < -0.39 is 5.91 Å². The lowest BCUT2D eigenvalue weighted by molar-refractivity contribution is 0.100. The zero-order chi connectivity index (χ0) is 14.9. The molecule has 0 unspecified atom stereocenters. The van der Waals surface area contributed by atoms with Gasteiger partial charge in [-0.15, -0.1) is 11.3 Å². The molecule has 7 heteroatoms. The van der Waals surface area contributed by atoms with E-state index in [9.17, 15) is 4.79 Å². The monoisotopic (exact) mass is 293 g/mol. The lowest BCUT2D eigenvalue weighted by atomic mass is 10.2. The third-order valence-corrected chi connectivity index (χ3v) is 4.78. The van der Waals surface area contributed by atoms with E-state index in [1.807, 2.05) is 6.07 Å². The summed E-state index contributed by atoms with van der Waals surface area (Å²) in [5.74, 6) is -0.568. The number of primary amides is 1. The molecule has 0 saturated carbocycles. The van der Waals surface area contributed by atoms with E-state index >= 15 is 0 Å². The summed E-state index contributed by atoms with van der Waals surface area (Å²) in [7, 11) is 0. The Labute approximate surface area is 122 Å². The van der Waals surface area contributed by atoms with Crippen LogP contribution in [0.1, 0.15) is 29.1 Å². The number of piperazine rings is 1. The van der Waals surface area contributed by atoms with Crippen molar-refractivity contribution in [1.29, 1.82) is 5.26 Å². The predicted molar refractivity (Wildman–Crippen MR) is 80.9 cm³/mol. The van der Waals surface area contributed by atoms with Crippen LogP contribution in [0.3, 0.4) is 0 Å².